The van der Waals surface area contributed by atoms with Gasteiger partial charge in [0.25, 0.3) is 5.91 Å². The molecule has 1 aliphatic heterocycles. The molecule has 2 aromatic carbocycles. The Kier molecular flexibility index (Phi) is 6.16. The van der Waals surface area contributed by atoms with E-state index in [1.165, 1.54) is 16.7 Å². The number of rotatable bonds is 6. The van der Waals surface area contributed by atoms with E-state index in [2.05, 4.69) is 0 Å². The number of carboxylic acid groups (broad SMARTS) is 1. The fraction of sp³-hybridized carbons (Fsp3) is 0.190. The number of aliphatic carboxylic acids is 1. The zero-order valence-corrected chi connectivity index (χ0v) is 17.0. The summed E-state index contributed by atoms with van der Waals surface area (Å²) < 4.78 is 5.94. The summed E-state index contributed by atoms with van der Waals surface area (Å²) in [6.07, 6.45) is 1.27. The lowest BCUT2D eigenvalue weighted by molar-refractivity contribution is -0.145. The highest BCUT2D eigenvalue weighted by atomic mass is 32.2. The molecule has 1 saturated heterocycles. The highest BCUT2D eigenvalue weighted by Crippen LogP contribution is 2.36. The molecule has 28 heavy (non-hydrogen) atoms. The lowest BCUT2D eigenvalue weighted by atomic mass is 10.2. The van der Waals surface area contributed by atoms with Crippen LogP contribution < -0.4 is 9.64 Å². The Balaban J connectivity index is 1.76. The van der Waals surface area contributed by atoms with Crippen molar-refractivity contribution in [2.75, 3.05) is 4.90 Å². The van der Waals surface area contributed by atoms with Crippen LogP contribution in [0.1, 0.15) is 24.5 Å². The summed E-state index contributed by atoms with van der Waals surface area (Å²) in [5, 5.41) is 9.08. The fourth-order valence-corrected chi connectivity index (χ4v) is 3.95. The summed E-state index contributed by atoms with van der Waals surface area (Å²) in [6.45, 7) is 3.74. The average molecular weight is 414 g/mol. The molecule has 0 radical (unpaired) electrons. The molecule has 1 aliphatic rings. The van der Waals surface area contributed by atoms with Gasteiger partial charge in [-0.1, -0.05) is 60.7 Å². The first-order chi connectivity index (χ1) is 13.4. The monoisotopic (exact) mass is 413 g/mol. The Labute approximate surface area is 173 Å². The molecule has 3 rings (SSSR count). The minimum absolute atomic E-state index is 0.156. The highest BCUT2D eigenvalue weighted by molar-refractivity contribution is 8.27. The van der Waals surface area contributed by atoms with Crippen LogP contribution in [0.15, 0.2) is 53.4 Å². The van der Waals surface area contributed by atoms with Gasteiger partial charge in [0.05, 0.1) is 10.6 Å². The Morgan fingerprint density at radius 2 is 1.86 bits per heavy atom. The van der Waals surface area contributed by atoms with Crippen molar-refractivity contribution in [3.63, 3.8) is 0 Å². The van der Waals surface area contributed by atoms with Crippen LogP contribution in [0.2, 0.25) is 0 Å². The Morgan fingerprint density at radius 3 is 2.43 bits per heavy atom. The summed E-state index contributed by atoms with van der Waals surface area (Å²) in [4.78, 5) is 25.9. The van der Waals surface area contributed by atoms with Gasteiger partial charge in [0.1, 0.15) is 5.75 Å². The standard InChI is InChI=1S/C21H19NO4S2/c1-3-17(20(24)25)26-16-10-6-14(7-11-16)12-18-19(23)22(21(27)28-18)15-8-4-13(2)5-9-15/h4-12,17H,3H2,1-2H3,(H,24,25)/b18-12+. The molecule has 7 heteroatoms. The Morgan fingerprint density at radius 1 is 1.21 bits per heavy atom. The van der Waals surface area contributed by atoms with E-state index in [9.17, 15) is 9.59 Å². The summed E-state index contributed by atoms with van der Waals surface area (Å²) >= 11 is 6.64. The molecule has 1 atom stereocenters. The summed E-state index contributed by atoms with van der Waals surface area (Å²) in [7, 11) is 0. The third-order valence-electron chi connectivity index (χ3n) is 4.19. The number of carbonyl (C=O) groups is 2. The second kappa shape index (κ2) is 8.58. The van der Waals surface area contributed by atoms with E-state index in [0.717, 1.165) is 16.8 Å². The van der Waals surface area contributed by atoms with Gasteiger partial charge in [-0.15, -0.1) is 0 Å². The molecule has 0 spiro atoms. The third-order valence-corrected chi connectivity index (χ3v) is 5.49. The molecule has 1 N–H and O–H groups in total. The molecule has 0 aliphatic carbocycles. The lowest BCUT2D eigenvalue weighted by Gasteiger charge is -2.14. The minimum Gasteiger partial charge on any atom is -0.479 e. The third kappa shape index (κ3) is 4.43. The number of hydrogen-bond donors (Lipinski definition) is 1. The molecule has 1 amide bonds. The molecular weight excluding hydrogens is 394 g/mol. The van der Waals surface area contributed by atoms with Gasteiger partial charge in [-0.2, -0.15) is 0 Å². The normalized spacial score (nSPS) is 16.5. The zero-order chi connectivity index (χ0) is 20.3. The number of benzene rings is 2. The van der Waals surface area contributed by atoms with E-state index in [4.69, 9.17) is 22.1 Å². The maximum absolute atomic E-state index is 12.8. The van der Waals surface area contributed by atoms with Crippen molar-refractivity contribution >= 4 is 51.9 Å². The van der Waals surface area contributed by atoms with Gasteiger partial charge < -0.3 is 9.84 Å². The van der Waals surface area contributed by atoms with E-state index in [-0.39, 0.29) is 5.91 Å². The number of aryl methyl sites for hydroxylation is 1. The summed E-state index contributed by atoms with van der Waals surface area (Å²) in [5.41, 5.74) is 2.67. The zero-order valence-electron chi connectivity index (χ0n) is 15.4. The number of thiocarbonyl (C=S) groups is 1. The predicted molar refractivity (Wildman–Crippen MR) is 116 cm³/mol. The van der Waals surface area contributed by atoms with Gasteiger partial charge in [-0.3, -0.25) is 9.69 Å². The first-order valence-corrected chi connectivity index (χ1v) is 9.95. The van der Waals surface area contributed by atoms with Crippen molar-refractivity contribution in [3.8, 4) is 5.75 Å². The highest BCUT2D eigenvalue weighted by Gasteiger charge is 2.33. The van der Waals surface area contributed by atoms with Crippen LogP contribution in [0.5, 0.6) is 5.75 Å². The molecular formula is C21H19NO4S2. The number of carboxylic acids is 1. The number of nitrogens with zero attached hydrogens (tertiary/aromatic N) is 1. The summed E-state index contributed by atoms with van der Waals surface area (Å²) in [6, 6.07) is 14.6. The van der Waals surface area contributed by atoms with Crippen LogP contribution >= 0.6 is 24.0 Å². The maximum Gasteiger partial charge on any atom is 0.344 e. The first-order valence-electron chi connectivity index (χ1n) is 8.73. The van der Waals surface area contributed by atoms with Gasteiger partial charge >= 0.3 is 5.97 Å². The van der Waals surface area contributed by atoms with Crippen molar-refractivity contribution in [1.82, 2.24) is 0 Å². The molecule has 5 nitrogen and oxygen atoms in total. The topological polar surface area (TPSA) is 66.8 Å². The number of hydrogen-bond acceptors (Lipinski definition) is 5. The number of ether oxygens (including phenoxy) is 1. The van der Waals surface area contributed by atoms with Crippen molar-refractivity contribution in [2.24, 2.45) is 0 Å². The van der Waals surface area contributed by atoms with Crippen LogP contribution in [-0.2, 0) is 9.59 Å². The second-order valence-electron chi connectivity index (χ2n) is 6.27. The van der Waals surface area contributed by atoms with Gasteiger partial charge in [0.15, 0.2) is 10.4 Å². The molecule has 2 aromatic rings. The molecule has 1 fully saturated rings. The number of thioether (sulfide) groups is 1. The Hall–Kier alpha value is -2.64. The predicted octanol–water partition coefficient (Wildman–Crippen LogP) is 4.64. The van der Waals surface area contributed by atoms with Crippen molar-refractivity contribution in [3.05, 3.63) is 64.6 Å². The average Bonchev–Trinajstić information content (AvgIpc) is 2.95. The second-order valence-corrected chi connectivity index (χ2v) is 7.95. The number of carbonyl (C=O) groups excluding carboxylic acids is 1. The fourth-order valence-electron chi connectivity index (χ4n) is 2.65. The van der Waals surface area contributed by atoms with Crippen LogP contribution in [0.25, 0.3) is 6.08 Å². The largest absolute Gasteiger partial charge is 0.479 e. The van der Waals surface area contributed by atoms with Crippen LogP contribution in [-0.4, -0.2) is 27.4 Å². The van der Waals surface area contributed by atoms with Crippen molar-refractivity contribution < 1.29 is 19.4 Å². The number of anilines is 1. The molecule has 1 heterocycles. The van der Waals surface area contributed by atoms with Gasteiger partial charge in [-0.05, 0) is 49.2 Å². The van der Waals surface area contributed by atoms with E-state index in [1.807, 2.05) is 31.2 Å². The first kappa shape index (κ1) is 20.1. The van der Waals surface area contributed by atoms with Crippen molar-refractivity contribution in [2.45, 2.75) is 26.4 Å². The van der Waals surface area contributed by atoms with Crippen LogP contribution in [0.4, 0.5) is 5.69 Å². The van der Waals surface area contributed by atoms with Gasteiger partial charge in [-0.25, -0.2) is 4.79 Å². The van der Waals surface area contributed by atoms with Gasteiger partial charge in [0, 0.05) is 0 Å². The van der Waals surface area contributed by atoms with E-state index in [1.54, 1.807) is 37.3 Å². The Bertz CT molecular complexity index is 936. The summed E-state index contributed by atoms with van der Waals surface area (Å²) in [5.74, 6) is -0.680. The smallest absolute Gasteiger partial charge is 0.344 e. The van der Waals surface area contributed by atoms with Crippen LogP contribution in [0.3, 0.4) is 0 Å². The number of amides is 1. The van der Waals surface area contributed by atoms with Gasteiger partial charge in [0.2, 0.25) is 0 Å². The minimum atomic E-state index is -0.994. The lowest BCUT2D eigenvalue weighted by Crippen LogP contribution is -2.27. The van der Waals surface area contributed by atoms with Crippen molar-refractivity contribution in [1.29, 1.82) is 0 Å². The SMILES string of the molecule is CCC(Oc1ccc(/C=C2/SC(=S)N(c3ccc(C)cc3)C2=O)cc1)C(=O)O. The molecule has 144 valence electrons. The maximum atomic E-state index is 12.8. The molecule has 1 unspecified atom stereocenters. The molecule has 0 bridgehead atoms. The molecule has 0 saturated carbocycles. The quantitative estimate of drug-likeness (QED) is 0.550. The molecule has 0 aromatic heterocycles. The van der Waals surface area contributed by atoms with Crippen LogP contribution in [0, 0.1) is 6.92 Å². The van der Waals surface area contributed by atoms with E-state index in [0.29, 0.717) is 21.4 Å². The van der Waals surface area contributed by atoms with E-state index >= 15 is 0 Å². The van der Waals surface area contributed by atoms with E-state index < -0.39 is 12.1 Å².